The molecule has 0 spiro atoms. The molecule has 6 nitrogen and oxygen atoms in total. The monoisotopic (exact) mass is 393 g/mol. The van der Waals surface area contributed by atoms with Crippen LogP contribution in [0.5, 0.6) is 0 Å². The maximum Gasteiger partial charge on any atom is 0.246 e. The number of nitrogens with one attached hydrogen (secondary N) is 5. The Labute approximate surface area is 147 Å². The van der Waals surface area contributed by atoms with Gasteiger partial charge in [-0.05, 0) is 64.8 Å². The maximum atomic E-state index is 13.0. The minimum atomic E-state index is -0.566. The fraction of sp³-hybridized carbons (Fsp3) is 0.188. The fourth-order valence-corrected chi connectivity index (χ4v) is 2.95. The van der Waals surface area contributed by atoms with Gasteiger partial charge in [0.2, 0.25) is 5.91 Å². The van der Waals surface area contributed by atoms with Gasteiger partial charge in [0.25, 0.3) is 0 Å². The van der Waals surface area contributed by atoms with Gasteiger partial charge in [-0.1, -0.05) is 6.07 Å². The summed E-state index contributed by atoms with van der Waals surface area (Å²) in [5, 5.41) is 6.01. The molecular formula is C16H17BrFN5O. The minimum Gasteiger partial charge on any atom is -0.367 e. The summed E-state index contributed by atoms with van der Waals surface area (Å²) in [6.07, 6.45) is -0.403. The summed E-state index contributed by atoms with van der Waals surface area (Å²) in [6.45, 7) is 1.98. The molecule has 1 aliphatic rings. The third kappa shape index (κ3) is 3.90. The molecule has 2 aromatic carbocycles. The zero-order valence-corrected chi connectivity index (χ0v) is 14.4. The zero-order chi connectivity index (χ0) is 17.1. The van der Waals surface area contributed by atoms with Crippen LogP contribution in [-0.4, -0.2) is 18.1 Å². The second kappa shape index (κ2) is 7.27. The van der Waals surface area contributed by atoms with E-state index in [1.54, 1.807) is 12.1 Å². The average Bonchev–Trinajstić information content (AvgIpc) is 3.00. The molecule has 3 rings (SSSR count). The summed E-state index contributed by atoms with van der Waals surface area (Å²) < 4.78 is 13.8. The van der Waals surface area contributed by atoms with Gasteiger partial charge < -0.3 is 10.6 Å². The number of halogens is 2. The zero-order valence-electron chi connectivity index (χ0n) is 12.9. The van der Waals surface area contributed by atoms with Crippen LogP contribution in [0, 0.1) is 12.7 Å². The molecule has 2 unspecified atom stereocenters. The van der Waals surface area contributed by atoms with Gasteiger partial charge in [0.05, 0.1) is 5.69 Å². The third-order valence-corrected chi connectivity index (χ3v) is 4.28. The van der Waals surface area contributed by atoms with Gasteiger partial charge in [0, 0.05) is 10.2 Å². The van der Waals surface area contributed by atoms with Gasteiger partial charge in [0.1, 0.15) is 18.0 Å². The number of benzene rings is 2. The molecule has 1 fully saturated rings. The van der Waals surface area contributed by atoms with Crippen LogP contribution in [0.15, 0.2) is 46.9 Å². The Balaban J connectivity index is 1.68. The standard InChI is InChI=1S/C16H17BrFN5O/c1-9-2-7-13(12(17)8-9)20-16(24)14-15(22-23-21-14)19-11-5-3-10(18)4-6-11/h2-8,14-15,19,21-23H,1H3,(H,20,24). The van der Waals surface area contributed by atoms with Crippen molar-refractivity contribution in [1.82, 2.24) is 16.4 Å². The Morgan fingerprint density at radius 2 is 1.92 bits per heavy atom. The predicted molar refractivity (Wildman–Crippen MR) is 94.5 cm³/mol. The molecule has 0 saturated carbocycles. The number of carbonyl (C=O) groups excluding carboxylic acids is 1. The lowest BCUT2D eigenvalue weighted by atomic mass is 10.2. The SMILES string of the molecule is Cc1ccc(NC(=O)C2NNNC2Nc2ccc(F)cc2)c(Br)c1. The van der Waals surface area contributed by atoms with Crippen molar-refractivity contribution in [1.29, 1.82) is 0 Å². The normalized spacial score (nSPS) is 20.0. The molecule has 5 N–H and O–H groups in total. The van der Waals surface area contributed by atoms with E-state index < -0.39 is 12.2 Å². The van der Waals surface area contributed by atoms with Crippen LogP contribution in [0.3, 0.4) is 0 Å². The Morgan fingerprint density at radius 3 is 2.62 bits per heavy atom. The van der Waals surface area contributed by atoms with Crippen LogP contribution in [0.2, 0.25) is 0 Å². The third-order valence-electron chi connectivity index (χ3n) is 3.62. The molecule has 0 bridgehead atoms. The molecule has 2 atom stereocenters. The highest BCUT2D eigenvalue weighted by atomic mass is 79.9. The van der Waals surface area contributed by atoms with Crippen molar-refractivity contribution >= 4 is 33.2 Å². The van der Waals surface area contributed by atoms with Crippen molar-refractivity contribution in [3.63, 3.8) is 0 Å². The summed E-state index contributed by atoms with van der Waals surface area (Å²) in [6, 6.07) is 11.1. The molecule has 0 aliphatic carbocycles. The van der Waals surface area contributed by atoms with E-state index in [-0.39, 0.29) is 11.7 Å². The first-order valence-electron chi connectivity index (χ1n) is 7.38. The number of hydrogen-bond acceptors (Lipinski definition) is 5. The lowest BCUT2D eigenvalue weighted by Gasteiger charge is -2.20. The molecule has 126 valence electrons. The van der Waals surface area contributed by atoms with E-state index in [1.807, 2.05) is 25.1 Å². The van der Waals surface area contributed by atoms with Crippen LogP contribution < -0.4 is 27.0 Å². The van der Waals surface area contributed by atoms with Crippen molar-refractivity contribution in [2.24, 2.45) is 0 Å². The first-order chi connectivity index (χ1) is 11.5. The Hall–Kier alpha value is -2.00. The van der Waals surface area contributed by atoms with Gasteiger partial charge in [-0.2, -0.15) is 5.53 Å². The number of carbonyl (C=O) groups is 1. The van der Waals surface area contributed by atoms with Crippen LogP contribution >= 0.6 is 15.9 Å². The molecular weight excluding hydrogens is 377 g/mol. The van der Waals surface area contributed by atoms with E-state index in [9.17, 15) is 9.18 Å². The van der Waals surface area contributed by atoms with Crippen LogP contribution in [0.1, 0.15) is 5.56 Å². The lowest BCUT2D eigenvalue weighted by Crippen LogP contribution is -2.48. The van der Waals surface area contributed by atoms with Crippen LogP contribution in [-0.2, 0) is 4.79 Å². The lowest BCUT2D eigenvalue weighted by molar-refractivity contribution is -0.118. The summed E-state index contributed by atoms with van der Waals surface area (Å²) in [5.74, 6) is -0.522. The van der Waals surface area contributed by atoms with Crippen molar-refractivity contribution in [3.05, 3.63) is 58.3 Å². The van der Waals surface area contributed by atoms with Gasteiger partial charge in [-0.3, -0.25) is 4.79 Å². The predicted octanol–water partition coefficient (Wildman–Crippen LogP) is 2.25. The van der Waals surface area contributed by atoms with Gasteiger partial charge in [-0.25, -0.2) is 15.2 Å². The number of aryl methyl sites for hydroxylation is 1. The quantitative estimate of drug-likeness (QED) is 0.550. The first-order valence-corrected chi connectivity index (χ1v) is 8.17. The van der Waals surface area contributed by atoms with E-state index >= 15 is 0 Å². The maximum absolute atomic E-state index is 13.0. The highest BCUT2D eigenvalue weighted by Crippen LogP contribution is 2.23. The molecule has 1 amide bonds. The fourth-order valence-electron chi connectivity index (χ4n) is 2.36. The number of rotatable bonds is 4. The topological polar surface area (TPSA) is 77.2 Å². The second-order valence-electron chi connectivity index (χ2n) is 5.49. The van der Waals surface area contributed by atoms with Gasteiger partial charge in [-0.15, -0.1) is 0 Å². The average molecular weight is 394 g/mol. The van der Waals surface area contributed by atoms with E-state index in [1.165, 1.54) is 12.1 Å². The summed E-state index contributed by atoms with van der Waals surface area (Å²) in [5.41, 5.74) is 11.0. The first kappa shape index (κ1) is 16.8. The largest absolute Gasteiger partial charge is 0.367 e. The van der Waals surface area contributed by atoms with Crippen molar-refractivity contribution < 1.29 is 9.18 Å². The van der Waals surface area contributed by atoms with E-state index in [0.29, 0.717) is 11.4 Å². The number of amides is 1. The van der Waals surface area contributed by atoms with Crippen LogP contribution in [0.25, 0.3) is 0 Å². The molecule has 0 radical (unpaired) electrons. The molecule has 1 aliphatic heterocycles. The van der Waals surface area contributed by atoms with Crippen molar-refractivity contribution in [3.8, 4) is 0 Å². The number of hydrogen-bond donors (Lipinski definition) is 5. The Morgan fingerprint density at radius 1 is 1.17 bits per heavy atom. The molecule has 24 heavy (non-hydrogen) atoms. The number of hydrazine groups is 2. The highest BCUT2D eigenvalue weighted by Gasteiger charge is 2.33. The highest BCUT2D eigenvalue weighted by molar-refractivity contribution is 9.10. The van der Waals surface area contributed by atoms with E-state index in [2.05, 4.69) is 42.9 Å². The van der Waals surface area contributed by atoms with Crippen molar-refractivity contribution in [2.45, 2.75) is 19.1 Å². The van der Waals surface area contributed by atoms with Crippen LogP contribution in [0.4, 0.5) is 15.8 Å². The molecule has 0 aromatic heterocycles. The van der Waals surface area contributed by atoms with E-state index in [0.717, 1.165) is 10.0 Å². The number of anilines is 2. The van der Waals surface area contributed by atoms with Crippen molar-refractivity contribution in [2.75, 3.05) is 10.6 Å². The summed E-state index contributed by atoms with van der Waals surface area (Å²) in [4.78, 5) is 12.5. The minimum absolute atomic E-state index is 0.211. The molecule has 8 heteroatoms. The summed E-state index contributed by atoms with van der Waals surface area (Å²) in [7, 11) is 0. The molecule has 1 heterocycles. The van der Waals surface area contributed by atoms with E-state index in [4.69, 9.17) is 0 Å². The molecule has 2 aromatic rings. The van der Waals surface area contributed by atoms with Gasteiger partial charge >= 0.3 is 0 Å². The molecule has 1 saturated heterocycles. The second-order valence-corrected chi connectivity index (χ2v) is 6.35. The Kier molecular flexibility index (Phi) is 5.10. The summed E-state index contributed by atoms with van der Waals surface area (Å²) >= 11 is 3.44. The Bertz CT molecular complexity index is 740. The van der Waals surface area contributed by atoms with Gasteiger partial charge in [0.15, 0.2) is 0 Å². The smallest absolute Gasteiger partial charge is 0.246 e.